The summed E-state index contributed by atoms with van der Waals surface area (Å²) in [6, 6.07) is 9.40. The van der Waals surface area contributed by atoms with Crippen LogP contribution in [0.2, 0.25) is 5.02 Å². The zero-order valence-corrected chi connectivity index (χ0v) is 24.5. The lowest BCUT2D eigenvalue weighted by atomic mass is 10.1. The van der Waals surface area contributed by atoms with Crippen molar-refractivity contribution < 1.29 is 13.9 Å². The van der Waals surface area contributed by atoms with E-state index < -0.39 is 5.82 Å². The van der Waals surface area contributed by atoms with Crippen LogP contribution in [0.3, 0.4) is 0 Å². The molecule has 2 saturated heterocycles. The number of imidazole rings is 1. The molecule has 2 fully saturated rings. The molecular formula is C30H31ClFN9O2. The minimum atomic E-state index is -0.553. The highest BCUT2D eigenvalue weighted by molar-refractivity contribution is 6.30. The summed E-state index contributed by atoms with van der Waals surface area (Å²) < 4.78 is 28.6. The number of piperidine rings is 1. The summed E-state index contributed by atoms with van der Waals surface area (Å²) in [6.07, 6.45) is 6.08. The molecule has 2 aliphatic rings. The van der Waals surface area contributed by atoms with Gasteiger partial charge in [0.2, 0.25) is 5.82 Å². The predicted molar refractivity (Wildman–Crippen MR) is 157 cm³/mol. The number of halogens is 2. The highest BCUT2D eigenvalue weighted by atomic mass is 35.5. The summed E-state index contributed by atoms with van der Waals surface area (Å²) in [5.41, 5.74) is 3.53. The Morgan fingerprint density at radius 1 is 1.07 bits per heavy atom. The van der Waals surface area contributed by atoms with Gasteiger partial charge >= 0.3 is 0 Å². The normalized spacial score (nSPS) is 17.8. The summed E-state index contributed by atoms with van der Waals surface area (Å²) in [5.74, 6) is 2.27. The second kappa shape index (κ2) is 11.9. The number of rotatable bonds is 9. The quantitative estimate of drug-likeness (QED) is 0.259. The van der Waals surface area contributed by atoms with Gasteiger partial charge in [0.25, 0.3) is 5.88 Å². The number of fused-ring (bicyclic) bond motifs is 1. The van der Waals surface area contributed by atoms with Crippen molar-refractivity contribution in [3.05, 3.63) is 76.6 Å². The summed E-state index contributed by atoms with van der Waals surface area (Å²) >= 11 is 5.98. The molecule has 222 valence electrons. The van der Waals surface area contributed by atoms with Crippen molar-refractivity contribution in [2.75, 3.05) is 19.7 Å². The molecule has 1 N–H and O–H groups in total. The van der Waals surface area contributed by atoms with Gasteiger partial charge in [-0.25, -0.2) is 9.97 Å². The molecule has 1 atom stereocenters. The molecular weight excluding hydrogens is 573 g/mol. The molecule has 2 aliphatic heterocycles. The van der Waals surface area contributed by atoms with Gasteiger partial charge in [-0.2, -0.15) is 9.37 Å². The summed E-state index contributed by atoms with van der Waals surface area (Å²) in [4.78, 5) is 23.7. The summed E-state index contributed by atoms with van der Waals surface area (Å²) in [5, 5.41) is 8.89. The fourth-order valence-corrected chi connectivity index (χ4v) is 5.63. The van der Waals surface area contributed by atoms with E-state index in [4.69, 9.17) is 26.1 Å². The number of benzene rings is 1. The van der Waals surface area contributed by atoms with Gasteiger partial charge in [0.05, 0.1) is 42.6 Å². The van der Waals surface area contributed by atoms with Crippen molar-refractivity contribution in [3.63, 3.8) is 0 Å². The first kappa shape index (κ1) is 27.8. The number of pyridine rings is 1. The number of hydrogen-bond acceptors (Lipinski definition) is 9. The molecule has 1 unspecified atom stereocenters. The molecule has 0 amide bonds. The lowest BCUT2D eigenvalue weighted by Gasteiger charge is -2.32. The number of nitrogens with one attached hydrogen (secondary N) is 1. The number of nitrogens with zero attached hydrogens (tertiary/aromatic N) is 8. The van der Waals surface area contributed by atoms with Gasteiger partial charge in [-0.3, -0.25) is 9.88 Å². The number of aryl methyl sites for hydroxylation is 1. The fourth-order valence-electron chi connectivity index (χ4n) is 5.50. The van der Waals surface area contributed by atoms with Crippen molar-refractivity contribution in [3.8, 4) is 17.4 Å². The van der Waals surface area contributed by atoms with E-state index in [0.717, 1.165) is 73.7 Å². The highest BCUT2D eigenvalue weighted by Gasteiger charge is 2.26. The first-order valence-electron chi connectivity index (χ1n) is 14.5. The zero-order valence-electron chi connectivity index (χ0n) is 23.7. The monoisotopic (exact) mass is 603 g/mol. The predicted octanol–water partition coefficient (Wildman–Crippen LogP) is 4.53. The highest BCUT2D eigenvalue weighted by Crippen LogP contribution is 2.26. The summed E-state index contributed by atoms with van der Waals surface area (Å²) in [6.45, 7) is 5.65. The minimum absolute atomic E-state index is 0.00459. The van der Waals surface area contributed by atoms with E-state index in [9.17, 15) is 4.39 Å². The van der Waals surface area contributed by atoms with Crippen molar-refractivity contribution >= 4 is 22.6 Å². The Morgan fingerprint density at radius 2 is 1.88 bits per heavy atom. The second-order valence-corrected chi connectivity index (χ2v) is 11.5. The van der Waals surface area contributed by atoms with E-state index in [1.165, 1.54) is 6.20 Å². The SMILES string of the molecule is Cc1nnc(-c2cc3nc(CN4CCC(Oc5nc(Cc6ccc(Cl)cc6)ncc5F)CC4)n(CC4CCO4)c3cn2)[nH]1. The third-order valence-electron chi connectivity index (χ3n) is 7.95. The van der Waals surface area contributed by atoms with Gasteiger partial charge in [-0.05, 0) is 49.9 Å². The van der Waals surface area contributed by atoms with Gasteiger partial charge in [-0.1, -0.05) is 23.7 Å². The van der Waals surface area contributed by atoms with Crippen molar-refractivity contribution in [1.29, 1.82) is 0 Å². The van der Waals surface area contributed by atoms with Crippen LogP contribution < -0.4 is 4.74 Å². The molecule has 0 aliphatic carbocycles. The Morgan fingerprint density at radius 3 is 2.60 bits per heavy atom. The van der Waals surface area contributed by atoms with E-state index in [2.05, 4.69) is 39.6 Å². The number of H-pyrrole nitrogens is 1. The maximum absolute atomic E-state index is 14.6. The average Bonchev–Trinajstić information content (AvgIpc) is 3.57. The number of aromatic nitrogens is 8. The molecule has 6 heterocycles. The van der Waals surface area contributed by atoms with Crippen LogP contribution in [0.4, 0.5) is 4.39 Å². The third-order valence-corrected chi connectivity index (χ3v) is 8.20. The molecule has 4 aromatic heterocycles. The molecule has 13 heteroatoms. The van der Waals surface area contributed by atoms with Crippen LogP contribution in [-0.4, -0.2) is 76.5 Å². The maximum Gasteiger partial charge on any atom is 0.254 e. The average molecular weight is 604 g/mol. The van der Waals surface area contributed by atoms with Crippen LogP contribution in [0.25, 0.3) is 22.6 Å². The third kappa shape index (κ3) is 6.22. The maximum atomic E-state index is 14.6. The van der Waals surface area contributed by atoms with Gasteiger partial charge in [0.1, 0.15) is 29.3 Å². The van der Waals surface area contributed by atoms with Gasteiger partial charge in [-0.15, -0.1) is 10.2 Å². The number of likely N-dealkylation sites (tertiary alicyclic amines) is 1. The first-order chi connectivity index (χ1) is 21.0. The van der Waals surface area contributed by atoms with Crippen molar-refractivity contribution in [1.82, 2.24) is 44.6 Å². The first-order valence-corrected chi connectivity index (χ1v) is 14.9. The molecule has 7 rings (SSSR count). The van der Waals surface area contributed by atoms with E-state index in [1.54, 1.807) is 0 Å². The smallest absolute Gasteiger partial charge is 0.254 e. The van der Waals surface area contributed by atoms with Crippen LogP contribution >= 0.6 is 11.6 Å². The number of hydrogen-bond donors (Lipinski definition) is 1. The zero-order chi connectivity index (χ0) is 29.3. The van der Waals surface area contributed by atoms with Crippen LogP contribution in [0.15, 0.2) is 42.7 Å². The van der Waals surface area contributed by atoms with E-state index >= 15 is 0 Å². The van der Waals surface area contributed by atoms with E-state index in [0.29, 0.717) is 35.3 Å². The molecule has 11 nitrogen and oxygen atoms in total. The topological polar surface area (TPSA) is 120 Å². The summed E-state index contributed by atoms with van der Waals surface area (Å²) in [7, 11) is 0. The van der Waals surface area contributed by atoms with Crippen LogP contribution in [0.5, 0.6) is 5.88 Å². The largest absolute Gasteiger partial charge is 0.472 e. The minimum Gasteiger partial charge on any atom is -0.472 e. The van der Waals surface area contributed by atoms with Crippen molar-refractivity contribution in [2.24, 2.45) is 0 Å². The lowest BCUT2D eigenvalue weighted by molar-refractivity contribution is -0.0592. The molecule has 0 bridgehead atoms. The number of ether oxygens (including phenoxy) is 2. The second-order valence-electron chi connectivity index (χ2n) is 11.1. The Kier molecular flexibility index (Phi) is 7.72. The fraction of sp³-hybridized carbons (Fsp3) is 0.400. The molecule has 43 heavy (non-hydrogen) atoms. The van der Waals surface area contributed by atoms with Crippen LogP contribution in [-0.2, 0) is 24.2 Å². The Labute approximate surface area is 252 Å². The molecule has 0 saturated carbocycles. The molecule has 1 aromatic carbocycles. The number of aromatic amines is 1. The molecule has 0 spiro atoms. The van der Waals surface area contributed by atoms with E-state index in [-0.39, 0.29) is 18.1 Å². The van der Waals surface area contributed by atoms with Gasteiger partial charge in [0, 0.05) is 31.1 Å². The van der Waals surface area contributed by atoms with Gasteiger partial charge in [0.15, 0.2) is 5.82 Å². The Bertz CT molecular complexity index is 1730. The molecule has 5 aromatic rings. The Hall–Kier alpha value is -4.00. The van der Waals surface area contributed by atoms with Crippen LogP contribution in [0, 0.1) is 12.7 Å². The van der Waals surface area contributed by atoms with Gasteiger partial charge < -0.3 is 19.0 Å². The Balaban J connectivity index is 1.02. The van der Waals surface area contributed by atoms with Crippen molar-refractivity contribution in [2.45, 2.75) is 57.9 Å². The molecule has 0 radical (unpaired) electrons. The van der Waals surface area contributed by atoms with Crippen LogP contribution in [0.1, 0.15) is 42.3 Å². The van der Waals surface area contributed by atoms with E-state index in [1.807, 2.05) is 43.5 Å². The standard InChI is InChI=1S/C30H31ClFN9O2/c1-18-35-29(39-38-18)25-13-24-26(15-33-25)41(16-22-8-11-42-22)28(36-24)17-40-9-6-21(7-10-40)43-30-23(32)14-34-27(37-30)12-19-2-4-20(31)5-3-19/h2-5,13-15,21-22H,6-12,16-17H2,1H3,(H,35,38,39). The lowest BCUT2D eigenvalue weighted by Crippen LogP contribution is -2.39.